The Bertz CT molecular complexity index is 684. The van der Waals surface area contributed by atoms with Crippen LogP contribution in [0.4, 0.5) is 5.69 Å². The predicted molar refractivity (Wildman–Crippen MR) is 86.0 cm³/mol. The SMILES string of the molecule is O=C1COc2ccc(S(=O)(=O)NCCN3CCCCC3)cc2N1. The molecule has 1 aromatic rings. The summed E-state index contributed by atoms with van der Waals surface area (Å²) < 4.78 is 32.6. The van der Waals surface area contributed by atoms with Crippen molar-refractivity contribution < 1.29 is 17.9 Å². The summed E-state index contributed by atoms with van der Waals surface area (Å²) in [7, 11) is -3.60. The number of fused-ring (bicyclic) bond motifs is 1. The summed E-state index contributed by atoms with van der Waals surface area (Å²) in [5.74, 6) is 0.196. The second-order valence-electron chi connectivity index (χ2n) is 5.79. The first-order valence-electron chi connectivity index (χ1n) is 7.83. The predicted octanol–water partition coefficient (Wildman–Crippen LogP) is 0.782. The Labute approximate surface area is 136 Å². The zero-order chi connectivity index (χ0) is 16.3. The van der Waals surface area contributed by atoms with Crippen LogP contribution in [0.1, 0.15) is 19.3 Å². The third-order valence-electron chi connectivity index (χ3n) is 4.06. The minimum Gasteiger partial charge on any atom is -0.482 e. The van der Waals surface area contributed by atoms with Gasteiger partial charge in [-0.2, -0.15) is 0 Å². The molecule has 0 spiro atoms. The number of benzene rings is 1. The van der Waals surface area contributed by atoms with Gasteiger partial charge in [-0.15, -0.1) is 0 Å². The highest BCUT2D eigenvalue weighted by Crippen LogP contribution is 2.29. The number of rotatable bonds is 5. The molecule has 23 heavy (non-hydrogen) atoms. The average molecular weight is 339 g/mol. The summed E-state index contributed by atoms with van der Waals surface area (Å²) in [4.78, 5) is 13.7. The van der Waals surface area contributed by atoms with Crippen molar-refractivity contribution in [3.8, 4) is 5.75 Å². The number of nitrogens with zero attached hydrogens (tertiary/aromatic N) is 1. The Morgan fingerprint density at radius 3 is 2.78 bits per heavy atom. The van der Waals surface area contributed by atoms with E-state index < -0.39 is 10.0 Å². The van der Waals surface area contributed by atoms with Gasteiger partial charge >= 0.3 is 0 Å². The highest BCUT2D eigenvalue weighted by Gasteiger charge is 2.21. The number of nitrogens with one attached hydrogen (secondary N) is 2. The lowest BCUT2D eigenvalue weighted by atomic mass is 10.1. The number of sulfonamides is 1. The summed E-state index contributed by atoms with van der Waals surface area (Å²) in [5, 5.41) is 2.62. The van der Waals surface area contributed by atoms with Crippen molar-refractivity contribution in [3.05, 3.63) is 18.2 Å². The van der Waals surface area contributed by atoms with Crippen LogP contribution in [0, 0.1) is 0 Å². The van der Waals surface area contributed by atoms with E-state index in [4.69, 9.17) is 4.74 Å². The highest BCUT2D eigenvalue weighted by molar-refractivity contribution is 7.89. The van der Waals surface area contributed by atoms with E-state index >= 15 is 0 Å². The smallest absolute Gasteiger partial charge is 0.262 e. The third kappa shape index (κ3) is 4.01. The van der Waals surface area contributed by atoms with Crippen LogP contribution in [-0.4, -0.2) is 52.0 Å². The lowest BCUT2D eigenvalue weighted by Crippen LogP contribution is -2.37. The number of anilines is 1. The first kappa shape index (κ1) is 16.2. The Morgan fingerprint density at radius 2 is 2.00 bits per heavy atom. The van der Waals surface area contributed by atoms with Gasteiger partial charge < -0.3 is 15.0 Å². The van der Waals surface area contributed by atoms with Crippen molar-refractivity contribution in [2.75, 3.05) is 38.1 Å². The molecule has 0 saturated carbocycles. The zero-order valence-corrected chi connectivity index (χ0v) is 13.7. The van der Waals surface area contributed by atoms with Crippen LogP contribution >= 0.6 is 0 Å². The standard InChI is InChI=1S/C15H21N3O4S/c19-15-11-22-14-5-4-12(10-13(14)17-15)23(20,21)16-6-9-18-7-2-1-3-8-18/h4-5,10,16H,1-3,6-9,11H2,(H,17,19). The fraction of sp³-hybridized carbons (Fsp3) is 0.533. The first-order chi connectivity index (χ1) is 11.0. The van der Waals surface area contributed by atoms with Gasteiger partial charge in [0.25, 0.3) is 5.91 Å². The van der Waals surface area contributed by atoms with Gasteiger partial charge in [0.2, 0.25) is 10.0 Å². The maximum absolute atomic E-state index is 12.4. The summed E-state index contributed by atoms with van der Waals surface area (Å²) in [6.45, 7) is 3.10. The van der Waals surface area contributed by atoms with Gasteiger partial charge in [0, 0.05) is 13.1 Å². The number of hydrogen-bond donors (Lipinski definition) is 2. The molecule has 126 valence electrons. The summed E-state index contributed by atoms with van der Waals surface area (Å²) in [6.07, 6.45) is 3.61. The summed E-state index contributed by atoms with van der Waals surface area (Å²) in [5.41, 5.74) is 0.389. The molecule has 0 atom stereocenters. The van der Waals surface area contributed by atoms with E-state index in [-0.39, 0.29) is 17.4 Å². The van der Waals surface area contributed by atoms with E-state index in [1.54, 1.807) is 6.07 Å². The molecule has 2 heterocycles. The molecule has 2 N–H and O–H groups in total. The number of carbonyl (C=O) groups is 1. The molecule has 1 aromatic carbocycles. The minimum atomic E-state index is -3.60. The molecule has 0 unspecified atom stereocenters. The molecule has 0 bridgehead atoms. The summed E-state index contributed by atoms with van der Waals surface area (Å²) in [6, 6.07) is 4.48. The summed E-state index contributed by atoms with van der Waals surface area (Å²) >= 11 is 0. The van der Waals surface area contributed by atoms with Gasteiger partial charge in [0.15, 0.2) is 6.61 Å². The normalized spacial score (nSPS) is 18.9. The van der Waals surface area contributed by atoms with Gasteiger partial charge in [-0.3, -0.25) is 4.79 Å². The van der Waals surface area contributed by atoms with Crippen LogP contribution in [-0.2, 0) is 14.8 Å². The van der Waals surface area contributed by atoms with Crippen LogP contribution in [0.15, 0.2) is 23.1 Å². The number of likely N-dealkylation sites (tertiary alicyclic amines) is 1. The van der Waals surface area contributed by atoms with Crippen molar-refractivity contribution in [1.82, 2.24) is 9.62 Å². The lowest BCUT2D eigenvalue weighted by Gasteiger charge is -2.26. The first-order valence-corrected chi connectivity index (χ1v) is 9.32. The lowest BCUT2D eigenvalue weighted by molar-refractivity contribution is -0.118. The second kappa shape index (κ2) is 6.86. The van der Waals surface area contributed by atoms with Crippen LogP contribution < -0.4 is 14.8 Å². The maximum atomic E-state index is 12.4. The Hall–Kier alpha value is -1.64. The number of piperidine rings is 1. The van der Waals surface area contributed by atoms with Crippen molar-refractivity contribution in [2.45, 2.75) is 24.2 Å². The fourth-order valence-corrected chi connectivity index (χ4v) is 3.88. The van der Waals surface area contributed by atoms with Gasteiger partial charge in [0.1, 0.15) is 5.75 Å². The Balaban J connectivity index is 1.62. The molecule has 3 rings (SSSR count). The Morgan fingerprint density at radius 1 is 1.22 bits per heavy atom. The molecule has 8 heteroatoms. The Kier molecular flexibility index (Phi) is 4.84. The molecule has 2 aliphatic rings. The number of carbonyl (C=O) groups excluding carboxylic acids is 1. The third-order valence-corrected chi connectivity index (χ3v) is 5.52. The maximum Gasteiger partial charge on any atom is 0.262 e. The second-order valence-corrected chi connectivity index (χ2v) is 7.56. The minimum absolute atomic E-state index is 0.0484. The quantitative estimate of drug-likeness (QED) is 0.828. The topological polar surface area (TPSA) is 87.7 Å². The molecular weight excluding hydrogens is 318 g/mol. The van der Waals surface area contributed by atoms with E-state index in [1.165, 1.54) is 31.4 Å². The van der Waals surface area contributed by atoms with E-state index in [2.05, 4.69) is 14.9 Å². The van der Waals surface area contributed by atoms with Crippen LogP contribution in [0.25, 0.3) is 0 Å². The van der Waals surface area contributed by atoms with Crippen molar-refractivity contribution >= 4 is 21.6 Å². The van der Waals surface area contributed by atoms with E-state index in [0.717, 1.165) is 13.1 Å². The van der Waals surface area contributed by atoms with Crippen LogP contribution in [0.3, 0.4) is 0 Å². The molecule has 1 saturated heterocycles. The largest absolute Gasteiger partial charge is 0.482 e. The molecular formula is C15H21N3O4S. The number of amides is 1. The molecule has 0 radical (unpaired) electrons. The van der Waals surface area contributed by atoms with E-state index in [1.807, 2.05) is 0 Å². The van der Waals surface area contributed by atoms with Crippen molar-refractivity contribution in [1.29, 1.82) is 0 Å². The van der Waals surface area contributed by atoms with E-state index in [0.29, 0.717) is 24.5 Å². The number of ether oxygens (including phenoxy) is 1. The van der Waals surface area contributed by atoms with Crippen molar-refractivity contribution in [2.24, 2.45) is 0 Å². The molecule has 1 fully saturated rings. The van der Waals surface area contributed by atoms with Crippen LogP contribution in [0.5, 0.6) is 5.75 Å². The highest BCUT2D eigenvalue weighted by atomic mass is 32.2. The van der Waals surface area contributed by atoms with Crippen molar-refractivity contribution in [3.63, 3.8) is 0 Å². The fourth-order valence-electron chi connectivity index (χ4n) is 2.83. The molecule has 2 aliphatic heterocycles. The van der Waals surface area contributed by atoms with Gasteiger partial charge in [-0.1, -0.05) is 6.42 Å². The molecule has 0 aromatic heterocycles. The van der Waals surface area contributed by atoms with E-state index in [9.17, 15) is 13.2 Å². The average Bonchev–Trinajstić information content (AvgIpc) is 2.55. The molecule has 1 amide bonds. The van der Waals surface area contributed by atoms with Gasteiger partial charge in [-0.25, -0.2) is 13.1 Å². The molecule has 7 nitrogen and oxygen atoms in total. The van der Waals surface area contributed by atoms with Gasteiger partial charge in [0.05, 0.1) is 10.6 Å². The molecule has 0 aliphatic carbocycles. The number of hydrogen-bond acceptors (Lipinski definition) is 5. The van der Waals surface area contributed by atoms with Crippen LogP contribution in [0.2, 0.25) is 0 Å². The van der Waals surface area contributed by atoms with Gasteiger partial charge in [-0.05, 0) is 44.1 Å². The monoisotopic (exact) mass is 339 g/mol. The zero-order valence-electron chi connectivity index (χ0n) is 12.9.